The highest BCUT2D eigenvalue weighted by Crippen LogP contribution is 2.17. The van der Waals surface area contributed by atoms with Crippen molar-refractivity contribution >= 4 is 23.2 Å². The maximum atomic E-state index is 11.7. The van der Waals surface area contributed by atoms with Crippen LogP contribution in [-0.4, -0.2) is 32.2 Å². The molecule has 2 aromatic rings. The molecular weight excluding hydrogens is 284 g/mol. The highest BCUT2D eigenvalue weighted by molar-refractivity contribution is 7.13. The van der Waals surface area contributed by atoms with Gasteiger partial charge in [0.25, 0.3) is 11.5 Å². The number of nitrogens with one attached hydrogen (secondary N) is 2. The third-order valence-corrected chi connectivity index (χ3v) is 3.49. The van der Waals surface area contributed by atoms with Crippen LogP contribution in [-0.2, 0) is 6.54 Å². The summed E-state index contributed by atoms with van der Waals surface area (Å²) in [5.41, 5.74) is 0.0773. The quantitative estimate of drug-likeness (QED) is 0.737. The van der Waals surface area contributed by atoms with E-state index in [1.165, 1.54) is 12.1 Å². The molecule has 0 saturated carbocycles. The second-order valence-electron chi connectivity index (χ2n) is 3.82. The Morgan fingerprint density at radius 3 is 2.75 bits per heavy atom. The van der Waals surface area contributed by atoms with Crippen molar-refractivity contribution in [3.05, 3.63) is 43.8 Å². The van der Waals surface area contributed by atoms with Gasteiger partial charge in [-0.3, -0.25) is 9.59 Å². The van der Waals surface area contributed by atoms with Crippen LogP contribution >= 0.6 is 11.3 Å². The fourth-order valence-electron chi connectivity index (χ4n) is 1.44. The summed E-state index contributed by atoms with van der Waals surface area (Å²) in [6.07, 6.45) is 0. The van der Waals surface area contributed by atoms with Crippen molar-refractivity contribution in [1.29, 1.82) is 0 Å². The number of thiazole rings is 1. The summed E-state index contributed by atoms with van der Waals surface area (Å²) in [4.78, 5) is 37.6. The Bertz CT molecular complexity index is 701. The molecule has 0 aliphatic rings. The Morgan fingerprint density at radius 1 is 1.45 bits per heavy atom. The second kappa shape index (κ2) is 5.61. The first kappa shape index (κ1) is 13.9. The molecule has 0 fully saturated rings. The number of hydrogen-bond donors (Lipinski definition) is 3. The molecule has 9 heteroatoms. The van der Waals surface area contributed by atoms with Crippen molar-refractivity contribution in [2.45, 2.75) is 13.5 Å². The number of aromatic amines is 1. The fraction of sp³-hybridized carbons (Fsp3) is 0.182. The van der Waals surface area contributed by atoms with E-state index in [-0.39, 0.29) is 17.1 Å². The van der Waals surface area contributed by atoms with E-state index in [1.807, 2.05) is 0 Å². The van der Waals surface area contributed by atoms with Crippen LogP contribution in [0.3, 0.4) is 0 Å². The number of carboxylic acids is 1. The zero-order valence-corrected chi connectivity index (χ0v) is 11.2. The maximum Gasteiger partial charge on any atom is 0.347 e. The largest absolute Gasteiger partial charge is 0.477 e. The van der Waals surface area contributed by atoms with Crippen LogP contribution in [0, 0.1) is 6.92 Å². The predicted octanol–water partition coefficient (Wildman–Crippen LogP) is 0.163. The molecule has 0 unspecified atom stereocenters. The molecule has 0 atom stereocenters. The Balaban J connectivity index is 2.03. The lowest BCUT2D eigenvalue weighted by molar-refractivity contribution is 0.0701. The molecule has 0 aliphatic carbocycles. The van der Waals surface area contributed by atoms with E-state index < -0.39 is 17.4 Å². The number of aryl methyl sites for hydroxylation is 1. The Morgan fingerprint density at radius 2 is 2.20 bits per heavy atom. The van der Waals surface area contributed by atoms with Crippen molar-refractivity contribution in [1.82, 2.24) is 20.5 Å². The Labute approximate surface area is 116 Å². The van der Waals surface area contributed by atoms with Crippen LogP contribution < -0.4 is 10.9 Å². The lowest BCUT2D eigenvalue weighted by Gasteiger charge is -2.01. The first-order valence-corrected chi connectivity index (χ1v) is 6.32. The molecule has 3 N–H and O–H groups in total. The van der Waals surface area contributed by atoms with E-state index in [1.54, 1.807) is 6.92 Å². The number of aromatic carboxylic acids is 1. The molecule has 20 heavy (non-hydrogen) atoms. The fourth-order valence-corrected chi connectivity index (χ4v) is 2.29. The number of H-pyrrole nitrogens is 1. The minimum Gasteiger partial charge on any atom is -0.477 e. The lowest BCUT2D eigenvalue weighted by atomic mass is 10.3. The van der Waals surface area contributed by atoms with E-state index in [0.717, 1.165) is 11.3 Å². The molecule has 0 radical (unpaired) electrons. The molecule has 104 valence electrons. The molecule has 2 rings (SSSR count). The monoisotopic (exact) mass is 294 g/mol. The van der Waals surface area contributed by atoms with Crippen molar-refractivity contribution in [3.8, 4) is 0 Å². The number of carbonyl (C=O) groups excluding carboxylic acids is 1. The topological polar surface area (TPSA) is 125 Å². The lowest BCUT2D eigenvalue weighted by Crippen LogP contribution is -2.25. The number of rotatable bonds is 4. The zero-order valence-electron chi connectivity index (χ0n) is 10.3. The van der Waals surface area contributed by atoms with Gasteiger partial charge in [0.2, 0.25) is 0 Å². The standard InChI is InChI=1S/C11H10N4O4S/c1-5-9(11(18)19)20-8(13-5)4-12-10(17)6-2-3-7(16)15-14-6/h2-3H,4H2,1H3,(H,12,17)(H,15,16)(H,18,19). The number of carbonyl (C=O) groups is 2. The van der Waals surface area contributed by atoms with Gasteiger partial charge < -0.3 is 10.4 Å². The number of carboxylic acid groups (broad SMARTS) is 1. The molecule has 0 spiro atoms. The van der Waals surface area contributed by atoms with Gasteiger partial charge in [-0.1, -0.05) is 0 Å². The van der Waals surface area contributed by atoms with Crippen LogP contribution in [0.5, 0.6) is 0 Å². The minimum atomic E-state index is -1.04. The summed E-state index contributed by atoms with van der Waals surface area (Å²) in [5.74, 6) is -1.52. The van der Waals surface area contributed by atoms with Crippen molar-refractivity contribution < 1.29 is 14.7 Å². The number of nitrogens with zero attached hydrogens (tertiary/aromatic N) is 2. The van der Waals surface area contributed by atoms with E-state index >= 15 is 0 Å². The second-order valence-corrected chi connectivity index (χ2v) is 4.90. The summed E-state index contributed by atoms with van der Waals surface area (Å²) < 4.78 is 0. The number of hydrogen-bond acceptors (Lipinski definition) is 6. The highest BCUT2D eigenvalue weighted by atomic mass is 32.1. The van der Waals surface area contributed by atoms with Crippen LogP contribution in [0.25, 0.3) is 0 Å². The summed E-state index contributed by atoms with van der Waals surface area (Å²) in [6, 6.07) is 2.49. The van der Waals surface area contributed by atoms with Gasteiger partial charge in [0.15, 0.2) is 0 Å². The van der Waals surface area contributed by atoms with Gasteiger partial charge in [-0.15, -0.1) is 11.3 Å². The van der Waals surface area contributed by atoms with Crippen LogP contribution in [0.15, 0.2) is 16.9 Å². The van der Waals surface area contributed by atoms with Gasteiger partial charge >= 0.3 is 5.97 Å². The SMILES string of the molecule is Cc1nc(CNC(=O)c2ccc(=O)[nH]n2)sc1C(=O)O. The van der Waals surface area contributed by atoms with Crippen molar-refractivity contribution in [2.75, 3.05) is 0 Å². The summed E-state index contributed by atoms with van der Waals surface area (Å²) in [7, 11) is 0. The molecule has 8 nitrogen and oxygen atoms in total. The Kier molecular flexibility index (Phi) is 3.89. The average Bonchev–Trinajstić information content (AvgIpc) is 2.78. The van der Waals surface area contributed by atoms with E-state index in [4.69, 9.17) is 5.11 Å². The zero-order chi connectivity index (χ0) is 14.7. The molecule has 2 aromatic heterocycles. The summed E-state index contributed by atoms with van der Waals surface area (Å²) >= 11 is 1.00. The van der Waals surface area contributed by atoms with Gasteiger partial charge in [-0.2, -0.15) is 5.10 Å². The molecule has 0 aromatic carbocycles. The van der Waals surface area contributed by atoms with Crippen LogP contribution in [0.1, 0.15) is 30.9 Å². The van der Waals surface area contributed by atoms with Gasteiger partial charge in [-0.25, -0.2) is 14.9 Å². The van der Waals surface area contributed by atoms with Crippen LogP contribution in [0.4, 0.5) is 0 Å². The van der Waals surface area contributed by atoms with E-state index in [0.29, 0.717) is 10.7 Å². The van der Waals surface area contributed by atoms with Gasteiger partial charge in [0, 0.05) is 6.07 Å². The molecule has 1 amide bonds. The predicted molar refractivity (Wildman–Crippen MR) is 69.8 cm³/mol. The van der Waals surface area contributed by atoms with Crippen LogP contribution in [0.2, 0.25) is 0 Å². The molecular formula is C11H10N4O4S. The average molecular weight is 294 g/mol. The van der Waals surface area contributed by atoms with Crippen molar-refractivity contribution in [3.63, 3.8) is 0 Å². The van der Waals surface area contributed by atoms with E-state index in [9.17, 15) is 14.4 Å². The third-order valence-electron chi connectivity index (χ3n) is 2.35. The van der Waals surface area contributed by atoms with E-state index in [2.05, 4.69) is 20.5 Å². The van der Waals surface area contributed by atoms with Crippen molar-refractivity contribution in [2.24, 2.45) is 0 Å². The number of amides is 1. The molecule has 0 aliphatic heterocycles. The van der Waals surface area contributed by atoms with Gasteiger partial charge in [0.05, 0.1) is 12.2 Å². The molecule has 0 bridgehead atoms. The molecule has 2 heterocycles. The normalized spacial score (nSPS) is 10.2. The number of aromatic nitrogens is 3. The molecule has 0 saturated heterocycles. The third kappa shape index (κ3) is 3.06. The highest BCUT2D eigenvalue weighted by Gasteiger charge is 2.15. The smallest absolute Gasteiger partial charge is 0.347 e. The summed E-state index contributed by atoms with van der Waals surface area (Å²) in [5, 5.41) is 17.7. The van der Waals surface area contributed by atoms with Gasteiger partial charge in [0.1, 0.15) is 15.6 Å². The first-order chi connectivity index (χ1) is 9.47. The Hall–Kier alpha value is -2.55. The summed E-state index contributed by atoms with van der Waals surface area (Å²) in [6.45, 7) is 1.69. The first-order valence-electron chi connectivity index (χ1n) is 5.51. The minimum absolute atomic E-state index is 0.0661. The van der Waals surface area contributed by atoms with Gasteiger partial charge in [-0.05, 0) is 13.0 Å². The maximum absolute atomic E-state index is 11.7.